The first-order chi connectivity index (χ1) is 12.8. The first-order valence-electron chi connectivity index (χ1n) is 10.8. The van der Waals surface area contributed by atoms with Crippen molar-refractivity contribution in [2.75, 3.05) is 19.8 Å². The maximum absolute atomic E-state index is 9.29. The highest BCUT2D eigenvalue weighted by atomic mass is 16.5. The molecule has 1 rings (SSSR count). The van der Waals surface area contributed by atoms with Gasteiger partial charge in [-0.05, 0) is 25.7 Å². The van der Waals surface area contributed by atoms with Gasteiger partial charge in [-0.25, -0.2) is 4.99 Å². The monoisotopic (exact) mass is 367 g/mol. The molecular weight excluding hydrogens is 326 g/mol. The van der Waals surface area contributed by atoms with E-state index in [1.165, 1.54) is 77.0 Å². The Morgan fingerprint density at radius 2 is 1.38 bits per heavy atom. The van der Waals surface area contributed by atoms with Crippen LogP contribution >= 0.6 is 0 Å². The summed E-state index contributed by atoms with van der Waals surface area (Å²) in [6, 6.07) is 0. The summed E-state index contributed by atoms with van der Waals surface area (Å²) >= 11 is 0. The summed E-state index contributed by atoms with van der Waals surface area (Å²) in [5.74, 6) is 0.705. The second-order valence-corrected chi connectivity index (χ2v) is 7.67. The molecule has 0 fully saturated rings. The average Bonchev–Trinajstić information content (AvgIpc) is 3.09. The summed E-state index contributed by atoms with van der Waals surface area (Å²) < 4.78 is 5.50. The zero-order valence-corrected chi connectivity index (χ0v) is 16.9. The molecule has 0 aromatic rings. The maximum Gasteiger partial charge on any atom is 0.184 e. The van der Waals surface area contributed by atoms with Gasteiger partial charge in [0.15, 0.2) is 5.90 Å². The molecule has 1 aliphatic rings. The van der Waals surface area contributed by atoms with Crippen molar-refractivity contribution in [3.05, 3.63) is 12.2 Å². The molecule has 0 amide bonds. The van der Waals surface area contributed by atoms with Crippen LogP contribution in [0.15, 0.2) is 17.1 Å². The minimum absolute atomic E-state index is 0.151. The van der Waals surface area contributed by atoms with Crippen LogP contribution in [0, 0.1) is 0 Å². The van der Waals surface area contributed by atoms with E-state index in [-0.39, 0.29) is 13.2 Å². The van der Waals surface area contributed by atoms with Crippen LogP contribution in [0.25, 0.3) is 0 Å². The molecule has 0 atom stereocenters. The van der Waals surface area contributed by atoms with Gasteiger partial charge >= 0.3 is 0 Å². The Labute approximate surface area is 160 Å². The molecule has 0 radical (unpaired) electrons. The Kier molecular flexibility index (Phi) is 13.6. The van der Waals surface area contributed by atoms with Crippen LogP contribution in [0.5, 0.6) is 0 Å². The van der Waals surface area contributed by atoms with Gasteiger partial charge in [0.2, 0.25) is 0 Å². The molecule has 1 aliphatic heterocycles. The number of aliphatic hydroxyl groups is 2. The Balaban J connectivity index is 1.85. The largest absolute Gasteiger partial charge is 0.478 e. The van der Waals surface area contributed by atoms with Gasteiger partial charge in [-0.2, -0.15) is 0 Å². The lowest BCUT2D eigenvalue weighted by Gasteiger charge is -2.16. The van der Waals surface area contributed by atoms with Crippen LogP contribution in [0.1, 0.15) is 96.8 Å². The smallest absolute Gasteiger partial charge is 0.184 e. The summed E-state index contributed by atoms with van der Waals surface area (Å²) in [5.41, 5.74) is -0.791. The summed E-state index contributed by atoms with van der Waals surface area (Å²) in [6.07, 6.45) is 22.3. The van der Waals surface area contributed by atoms with Gasteiger partial charge in [-0.15, -0.1) is 0 Å². The molecule has 0 saturated carbocycles. The molecule has 0 aliphatic carbocycles. The van der Waals surface area contributed by atoms with Gasteiger partial charge in [-0.1, -0.05) is 76.9 Å². The lowest BCUT2D eigenvalue weighted by Crippen LogP contribution is -2.37. The number of aliphatic imine (C=N–C) groups is 1. The van der Waals surface area contributed by atoms with Gasteiger partial charge in [0.05, 0.1) is 13.2 Å². The summed E-state index contributed by atoms with van der Waals surface area (Å²) in [4.78, 5) is 4.35. The molecule has 0 aromatic carbocycles. The molecule has 1 heterocycles. The highest BCUT2D eigenvalue weighted by Gasteiger charge is 2.35. The second-order valence-electron chi connectivity index (χ2n) is 7.67. The van der Waals surface area contributed by atoms with Crippen LogP contribution in [-0.2, 0) is 4.74 Å². The Hall–Kier alpha value is -0.870. The number of aliphatic hydroxyl groups excluding tert-OH is 2. The highest BCUT2D eigenvalue weighted by molar-refractivity contribution is 5.78. The van der Waals surface area contributed by atoms with Gasteiger partial charge in [0.1, 0.15) is 12.1 Å². The van der Waals surface area contributed by atoms with Crippen LogP contribution in [0.3, 0.4) is 0 Å². The molecular formula is C22H41NO3. The number of allylic oxidation sites excluding steroid dienone is 2. The number of rotatable bonds is 17. The fourth-order valence-corrected chi connectivity index (χ4v) is 3.22. The molecule has 2 N–H and O–H groups in total. The maximum atomic E-state index is 9.29. The van der Waals surface area contributed by atoms with Crippen molar-refractivity contribution < 1.29 is 14.9 Å². The van der Waals surface area contributed by atoms with Crippen molar-refractivity contribution in [1.82, 2.24) is 0 Å². The third-order valence-electron chi connectivity index (χ3n) is 5.11. The molecule has 4 nitrogen and oxygen atoms in total. The van der Waals surface area contributed by atoms with Crippen molar-refractivity contribution >= 4 is 5.90 Å². The average molecular weight is 368 g/mol. The van der Waals surface area contributed by atoms with Crippen molar-refractivity contribution in [2.24, 2.45) is 4.99 Å². The van der Waals surface area contributed by atoms with E-state index in [4.69, 9.17) is 4.74 Å². The topological polar surface area (TPSA) is 62.1 Å². The Bertz CT molecular complexity index is 389. The van der Waals surface area contributed by atoms with Crippen molar-refractivity contribution in [3.63, 3.8) is 0 Å². The molecule has 0 aromatic heterocycles. The molecule has 152 valence electrons. The Morgan fingerprint density at radius 1 is 0.846 bits per heavy atom. The van der Waals surface area contributed by atoms with Gasteiger partial charge in [-0.3, -0.25) is 0 Å². The van der Waals surface area contributed by atoms with E-state index >= 15 is 0 Å². The van der Waals surface area contributed by atoms with Crippen molar-refractivity contribution in [3.8, 4) is 0 Å². The highest BCUT2D eigenvalue weighted by Crippen LogP contribution is 2.20. The Morgan fingerprint density at radius 3 is 1.92 bits per heavy atom. The normalized spacial score (nSPS) is 16.2. The van der Waals surface area contributed by atoms with E-state index in [0.29, 0.717) is 12.5 Å². The molecule has 0 spiro atoms. The molecule has 0 bridgehead atoms. The summed E-state index contributed by atoms with van der Waals surface area (Å²) in [5, 5.41) is 18.6. The van der Waals surface area contributed by atoms with E-state index in [1.807, 2.05) is 0 Å². The first-order valence-corrected chi connectivity index (χ1v) is 10.8. The van der Waals surface area contributed by atoms with E-state index in [9.17, 15) is 10.2 Å². The minimum Gasteiger partial charge on any atom is -0.478 e. The van der Waals surface area contributed by atoms with Crippen molar-refractivity contribution in [2.45, 2.75) is 102 Å². The van der Waals surface area contributed by atoms with Gasteiger partial charge in [0, 0.05) is 6.42 Å². The number of hydrogen-bond donors (Lipinski definition) is 2. The lowest BCUT2D eigenvalue weighted by atomic mass is 10.1. The summed E-state index contributed by atoms with van der Waals surface area (Å²) in [7, 11) is 0. The number of nitrogens with zero attached hydrogens (tertiary/aromatic N) is 1. The van der Waals surface area contributed by atoms with Crippen LogP contribution in [0.4, 0.5) is 0 Å². The quantitative estimate of drug-likeness (QED) is 0.275. The minimum atomic E-state index is -0.791. The van der Waals surface area contributed by atoms with E-state index < -0.39 is 5.54 Å². The van der Waals surface area contributed by atoms with Gasteiger partial charge in [0.25, 0.3) is 0 Å². The number of hydrogen-bond acceptors (Lipinski definition) is 4. The van der Waals surface area contributed by atoms with Crippen LogP contribution in [-0.4, -0.2) is 41.5 Å². The van der Waals surface area contributed by atoms with Crippen molar-refractivity contribution in [1.29, 1.82) is 0 Å². The molecule has 4 heteroatoms. The number of unbranched alkanes of at least 4 members (excludes halogenated alkanes) is 11. The molecule has 0 saturated heterocycles. The number of ether oxygens (including phenoxy) is 1. The standard InChI is InChI=1S/C22H41NO3/c1-2-3-4-5-6-7-8-9-10-11-12-13-14-15-16-17-21-23-22(18-24,19-25)20-26-21/h5-6,24-25H,2-4,7-20H2,1H3/b6-5+. The van der Waals surface area contributed by atoms with Gasteiger partial charge < -0.3 is 14.9 Å². The van der Waals surface area contributed by atoms with E-state index in [2.05, 4.69) is 24.1 Å². The van der Waals surface area contributed by atoms with Crippen LogP contribution in [0.2, 0.25) is 0 Å². The van der Waals surface area contributed by atoms with E-state index in [0.717, 1.165) is 12.8 Å². The molecule has 0 unspecified atom stereocenters. The molecule has 26 heavy (non-hydrogen) atoms. The lowest BCUT2D eigenvalue weighted by molar-refractivity contribution is 0.0972. The third kappa shape index (κ3) is 10.3. The SMILES string of the molecule is CCCC/C=C/CCCCCCCCCCCC1=NC(CO)(CO)CO1. The predicted octanol–water partition coefficient (Wildman–Crippen LogP) is 5.18. The van der Waals surface area contributed by atoms with Crippen LogP contribution < -0.4 is 0 Å². The van der Waals surface area contributed by atoms with E-state index in [1.54, 1.807) is 0 Å². The second kappa shape index (κ2) is 15.2. The fraction of sp³-hybridized carbons (Fsp3) is 0.864. The fourth-order valence-electron chi connectivity index (χ4n) is 3.22. The third-order valence-corrected chi connectivity index (χ3v) is 5.11. The predicted molar refractivity (Wildman–Crippen MR) is 110 cm³/mol. The zero-order valence-electron chi connectivity index (χ0n) is 16.9. The first kappa shape index (κ1) is 23.2. The summed E-state index contributed by atoms with van der Waals surface area (Å²) in [6.45, 7) is 2.25. The zero-order chi connectivity index (χ0) is 18.9.